The largest absolute Gasteiger partial charge is 0.476 e. The molecule has 1 aromatic carbocycles. The number of nitrogens with zero attached hydrogens (tertiary/aromatic N) is 2. The van der Waals surface area contributed by atoms with Crippen molar-refractivity contribution in [3.05, 3.63) is 60.2 Å². The molecule has 0 bridgehead atoms. The molecule has 1 aliphatic rings. The summed E-state index contributed by atoms with van der Waals surface area (Å²) in [5, 5.41) is 3.42. The van der Waals surface area contributed by atoms with Gasteiger partial charge >= 0.3 is 5.97 Å². The second-order valence-electron chi connectivity index (χ2n) is 6.08. The lowest BCUT2D eigenvalue weighted by Gasteiger charge is -2.26. The summed E-state index contributed by atoms with van der Waals surface area (Å²) in [6.07, 6.45) is 6.50. The molecule has 6 nitrogen and oxygen atoms in total. The molecular weight excluding hydrogens is 318 g/mol. The lowest BCUT2D eigenvalue weighted by Crippen LogP contribution is -2.32. The fourth-order valence-electron chi connectivity index (χ4n) is 3.12. The van der Waals surface area contributed by atoms with Crippen LogP contribution in [0.15, 0.2) is 49.1 Å². The number of benzene rings is 1. The van der Waals surface area contributed by atoms with Gasteiger partial charge in [0.15, 0.2) is 6.10 Å². The number of aryl methyl sites for hydroxylation is 1. The maximum atomic E-state index is 11.8. The van der Waals surface area contributed by atoms with Crippen molar-refractivity contribution in [3.63, 3.8) is 0 Å². The maximum Gasteiger partial charge on any atom is 0.347 e. The third-order valence-electron chi connectivity index (χ3n) is 4.46. The topological polar surface area (TPSA) is 64.9 Å². The molecule has 25 heavy (non-hydrogen) atoms. The first kappa shape index (κ1) is 15.5. The van der Waals surface area contributed by atoms with Crippen LogP contribution in [0.4, 0.5) is 5.69 Å². The van der Waals surface area contributed by atoms with E-state index in [1.807, 2.05) is 35.0 Å². The van der Waals surface area contributed by atoms with Crippen LogP contribution in [0, 0.1) is 0 Å². The van der Waals surface area contributed by atoms with Crippen molar-refractivity contribution in [3.8, 4) is 5.75 Å². The van der Waals surface area contributed by atoms with Crippen molar-refractivity contribution in [1.82, 2.24) is 9.38 Å². The molecule has 4 rings (SSSR count). The molecular formula is C19H19N3O3. The number of imidazole rings is 1. The lowest BCUT2D eigenvalue weighted by atomic mass is 10.0. The molecule has 128 valence electrons. The van der Waals surface area contributed by atoms with Gasteiger partial charge in [-0.25, -0.2) is 9.78 Å². The first-order chi connectivity index (χ1) is 12.2. The van der Waals surface area contributed by atoms with E-state index in [1.54, 1.807) is 6.33 Å². The van der Waals surface area contributed by atoms with Crippen molar-refractivity contribution in [2.75, 3.05) is 12.4 Å². The molecule has 0 aliphatic carbocycles. The van der Waals surface area contributed by atoms with Gasteiger partial charge in [-0.05, 0) is 42.2 Å². The highest BCUT2D eigenvalue weighted by atomic mass is 16.6. The summed E-state index contributed by atoms with van der Waals surface area (Å²) in [6.45, 7) is 0.657. The van der Waals surface area contributed by atoms with Crippen molar-refractivity contribution >= 4 is 17.2 Å². The van der Waals surface area contributed by atoms with E-state index >= 15 is 0 Å². The average molecular weight is 337 g/mol. The van der Waals surface area contributed by atoms with Crippen LogP contribution in [-0.4, -0.2) is 28.6 Å². The minimum atomic E-state index is -0.538. The summed E-state index contributed by atoms with van der Waals surface area (Å²) in [6, 6.07) is 10.1. The number of methoxy groups -OCH3 is 1. The zero-order valence-electron chi connectivity index (χ0n) is 13.9. The summed E-state index contributed by atoms with van der Waals surface area (Å²) in [4.78, 5) is 15.9. The number of esters is 1. The predicted molar refractivity (Wildman–Crippen MR) is 93.7 cm³/mol. The molecule has 0 radical (unpaired) electrons. The van der Waals surface area contributed by atoms with E-state index in [2.05, 4.69) is 22.4 Å². The molecule has 3 aromatic rings. The van der Waals surface area contributed by atoms with Gasteiger partial charge in [0.1, 0.15) is 5.75 Å². The Bertz CT molecular complexity index is 919. The minimum absolute atomic E-state index is 0.327. The number of carbonyl (C=O) groups excluding carboxylic acids is 1. The number of pyridine rings is 1. The lowest BCUT2D eigenvalue weighted by molar-refractivity contribution is -0.149. The van der Waals surface area contributed by atoms with Gasteiger partial charge in [-0.2, -0.15) is 0 Å². The Kier molecular flexibility index (Phi) is 4.01. The van der Waals surface area contributed by atoms with Gasteiger partial charge in [0.05, 0.1) is 30.8 Å². The van der Waals surface area contributed by atoms with Crippen molar-refractivity contribution < 1.29 is 14.3 Å². The van der Waals surface area contributed by atoms with Crippen molar-refractivity contribution in [2.24, 2.45) is 0 Å². The van der Waals surface area contributed by atoms with Gasteiger partial charge in [-0.3, -0.25) is 0 Å². The van der Waals surface area contributed by atoms with E-state index in [0.29, 0.717) is 13.0 Å². The van der Waals surface area contributed by atoms with Crippen LogP contribution in [0.5, 0.6) is 5.75 Å². The Morgan fingerprint density at radius 3 is 3.24 bits per heavy atom. The highest BCUT2D eigenvalue weighted by Gasteiger charge is 2.28. The molecule has 0 saturated carbocycles. The summed E-state index contributed by atoms with van der Waals surface area (Å²) < 4.78 is 12.7. The molecule has 1 atom stereocenters. The molecule has 6 heteroatoms. The Morgan fingerprint density at radius 2 is 2.36 bits per heavy atom. The van der Waals surface area contributed by atoms with Crippen LogP contribution in [0.2, 0.25) is 0 Å². The van der Waals surface area contributed by atoms with E-state index in [4.69, 9.17) is 9.47 Å². The predicted octanol–water partition coefficient (Wildman–Crippen LogP) is 2.81. The number of anilines is 1. The molecule has 0 unspecified atom stereocenters. The molecule has 0 saturated heterocycles. The number of rotatable bonds is 4. The third-order valence-corrected chi connectivity index (χ3v) is 4.46. The number of fused-ring (bicyclic) bond motifs is 2. The van der Waals surface area contributed by atoms with Crippen molar-refractivity contribution in [1.29, 1.82) is 0 Å². The van der Waals surface area contributed by atoms with Gasteiger partial charge in [-0.15, -0.1) is 0 Å². The zero-order chi connectivity index (χ0) is 17.2. The molecule has 1 N–H and O–H groups in total. The van der Waals surface area contributed by atoms with E-state index in [-0.39, 0.29) is 5.97 Å². The summed E-state index contributed by atoms with van der Waals surface area (Å²) in [5.41, 5.74) is 4.19. The van der Waals surface area contributed by atoms with Crippen LogP contribution in [0.3, 0.4) is 0 Å². The second kappa shape index (κ2) is 6.47. The number of hydrogen-bond donors (Lipinski definition) is 1. The molecule has 1 aliphatic heterocycles. The first-order valence-corrected chi connectivity index (χ1v) is 8.25. The van der Waals surface area contributed by atoms with Crippen molar-refractivity contribution in [2.45, 2.75) is 25.5 Å². The van der Waals surface area contributed by atoms with Crippen LogP contribution < -0.4 is 10.1 Å². The quantitative estimate of drug-likeness (QED) is 0.742. The fraction of sp³-hybridized carbons (Fsp3) is 0.263. The van der Waals surface area contributed by atoms with Crippen LogP contribution in [0.1, 0.15) is 17.5 Å². The van der Waals surface area contributed by atoms with Gasteiger partial charge in [-0.1, -0.05) is 12.1 Å². The highest BCUT2D eigenvalue weighted by Crippen LogP contribution is 2.35. The Balaban J connectivity index is 1.54. The number of nitrogens with one attached hydrogen (secondary N) is 1. The minimum Gasteiger partial charge on any atom is -0.476 e. The molecule has 0 amide bonds. The third kappa shape index (κ3) is 3.03. The summed E-state index contributed by atoms with van der Waals surface area (Å²) in [7, 11) is 1.39. The average Bonchev–Trinajstić information content (AvgIpc) is 3.13. The molecule has 0 spiro atoms. The zero-order valence-corrected chi connectivity index (χ0v) is 13.9. The summed E-state index contributed by atoms with van der Waals surface area (Å²) in [5.74, 6) is 0.418. The van der Waals surface area contributed by atoms with Gasteiger partial charge in [0.2, 0.25) is 0 Å². The smallest absolute Gasteiger partial charge is 0.347 e. The highest BCUT2D eigenvalue weighted by molar-refractivity contribution is 5.76. The molecule has 2 aromatic heterocycles. The van der Waals surface area contributed by atoms with E-state index in [9.17, 15) is 4.79 Å². The van der Waals surface area contributed by atoms with Crippen LogP contribution >= 0.6 is 0 Å². The number of carbonyl (C=O) groups is 1. The van der Waals surface area contributed by atoms with Gasteiger partial charge in [0.25, 0.3) is 0 Å². The number of ether oxygens (including phenoxy) is 2. The maximum absolute atomic E-state index is 11.8. The van der Waals surface area contributed by atoms with E-state index in [1.165, 1.54) is 7.11 Å². The number of hydrogen-bond acceptors (Lipinski definition) is 5. The second-order valence-corrected chi connectivity index (χ2v) is 6.08. The van der Waals surface area contributed by atoms with Crippen LogP contribution in [0.25, 0.3) is 5.52 Å². The number of para-hydroxylation sites is 1. The number of aromatic nitrogens is 2. The normalized spacial score (nSPS) is 16.1. The van der Waals surface area contributed by atoms with E-state index in [0.717, 1.165) is 34.5 Å². The SMILES string of the molecule is COC(=O)[C@@H]1CCc2cccc(NCc3ccn4cncc4c3)c2O1. The Labute approximate surface area is 145 Å². The first-order valence-electron chi connectivity index (χ1n) is 8.25. The van der Waals surface area contributed by atoms with Gasteiger partial charge < -0.3 is 19.2 Å². The molecule has 3 heterocycles. The standard InChI is InChI=1S/C19H19N3O3/c1-24-19(23)17-6-5-14-3-2-4-16(18(14)25-17)21-10-13-7-8-22-12-20-11-15(22)9-13/h2-4,7-9,11-12,17,21H,5-6,10H2,1H3/t17-/m0/s1. The monoisotopic (exact) mass is 337 g/mol. The fourth-order valence-corrected chi connectivity index (χ4v) is 3.12. The van der Waals surface area contributed by atoms with Crippen LogP contribution in [-0.2, 0) is 22.5 Å². The Morgan fingerprint density at radius 1 is 1.44 bits per heavy atom. The molecule has 0 fully saturated rings. The van der Waals surface area contributed by atoms with E-state index < -0.39 is 6.10 Å². The summed E-state index contributed by atoms with van der Waals surface area (Å²) >= 11 is 0. The Hall–Kier alpha value is -3.02. The van der Waals surface area contributed by atoms with Gasteiger partial charge in [0, 0.05) is 12.7 Å².